The summed E-state index contributed by atoms with van der Waals surface area (Å²) < 4.78 is 31.5. The number of ether oxygens (including phenoxy) is 1. The van der Waals surface area contributed by atoms with Gasteiger partial charge < -0.3 is 15.4 Å². The molecule has 0 aliphatic carbocycles. The molecule has 3 rings (SSSR count). The summed E-state index contributed by atoms with van der Waals surface area (Å²) in [5.74, 6) is -0.431. The van der Waals surface area contributed by atoms with Gasteiger partial charge in [0.15, 0.2) is 16.4 Å². The fraction of sp³-hybridized carbons (Fsp3) is 0.300. The number of rotatable bonds is 5. The second kappa shape index (κ2) is 8.04. The number of aryl methyl sites for hydroxylation is 1. The number of amides is 2. The number of nitrogens with one attached hydrogen (secondary N) is 2. The van der Waals surface area contributed by atoms with Gasteiger partial charge in [0, 0.05) is 23.2 Å². The van der Waals surface area contributed by atoms with Crippen LogP contribution in [-0.4, -0.2) is 32.1 Å². The van der Waals surface area contributed by atoms with E-state index in [1.54, 1.807) is 38.1 Å². The zero-order valence-corrected chi connectivity index (χ0v) is 17.8. The van der Waals surface area contributed by atoms with Crippen molar-refractivity contribution in [3.63, 3.8) is 0 Å². The lowest BCUT2D eigenvalue weighted by atomic mass is 10.2. The van der Waals surface area contributed by atoms with Gasteiger partial charge in [0.05, 0.1) is 15.8 Å². The molecule has 7 nitrogen and oxygen atoms in total. The van der Waals surface area contributed by atoms with E-state index in [1.807, 2.05) is 0 Å². The van der Waals surface area contributed by atoms with Gasteiger partial charge >= 0.3 is 0 Å². The van der Waals surface area contributed by atoms with Crippen molar-refractivity contribution in [2.24, 2.45) is 0 Å². The molecule has 0 bridgehead atoms. The van der Waals surface area contributed by atoms with Crippen molar-refractivity contribution in [1.29, 1.82) is 0 Å². The van der Waals surface area contributed by atoms with Crippen LogP contribution in [0.3, 0.4) is 0 Å². The van der Waals surface area contributed by atoms with Gasteiger partial charge in [-0.2, -0.15) is 0 Å². The van der Waals surface area contributed by atoms with Crippen molar-refractivity contribution in [2.75, 3.05) is 17.2 Å². The average molecular weight is 437 g/mol. The number of fused-ring (bicyclic) bond motifs is 1. The Morgan fingerprint density at radius 2 is 2.03 bits per heavy atom. The van der Waals surface area contributed by atoms with E-state index >= 15 is 0 Å². The van der Waals surface area contributed by atoms with Crippen LogP contribution in [0.15, 0.2) is 35.2 Å². The summed E-state index contributed by atoms with van der Waals surface area (Å²) in [4.78, 5) is 23.9. The van der Waals surface area contributed by atoms with Gasteiger partial charge in [-0.1, -0.05) is 17.7 Å². The summed E-state index contributed by atoms with van der Waals surface area (Å²) in [5.41, 5.74) is 2.15. The summed E-state index contributed by atoms with van der Waals surface area (Å²) in [6.45, 7) is 4.72. The highest BCUT2D eigenvalue weighted by Gasteiger charge is 2.29. The Balaban J connectivity index is 1.79. The number of hydrogen-bond acceptors (Lipinski definition) is 5. The molecule has 0 saturated carbocycles. The molecular weight excluding hydrogens is 416 g/mol. The lowest BCUT2D eigenvalue weighted by Gasteiger charge is -2.21. The van der Waals surface area contributed by atoms with Crippen LogP contribution in [0.5, 0.6) is 5.75 Å². The van der Waals surface area contributed by atoms with Gasteiger partial charge in [-0.15, -0.1) is 0 Å². The van der Waals surface area contributed by atoms with E-state index < -0.39 is 21.0 Å². The van der Waals surface area contributed by atoms with E-state index in [-0.39, 0.29) is 23.8 Å². The van der Waals surface area contributed by atoms with Crippen LogP contribution in [0.2, 0.25) is 5.02 Å². The standard InChI is InChI=1S/C20H21ClN2O5S/c1-11-7-16-17(28-10-20(25)23-16)9-18(11)29(26,27)12(2)8-19(24)22-15-6-4-5-14(21)13(15)3/h4-7,9,12H,8,10H2,1-3H3,(H,22,24)(H,23,25)/t12-/m0/s1. The summed E-state index contributed by atoms with van der Waals surface area (Å²) in [6.07, 6.45) is -0.220. The molecule has 2 amide bonds. The summed E-state index contributed by atoms with van der Waals surface area (Å²) in [6, 6.07) is 8.08. The molecule has 1 aliphatic rings. The minimum absolute atomic E-state index is 0.0756. The third kappa shape index (κ3) is 4.38. The van der Waals surface area contributed by atoms with Crippen molar-refractivity contribution in [1.82, 2.24) is 0 Å². The molecule has 0 fully saturated rings. The van der Waals surface area contributed by atoms with E-state index in [1.165, 1.54) is 13.0 Å². The van der Waals surface area contributed by atoms with E-state index in [0.717, 1.165) is 0 Å². The van der Waals surface area contributed by atoms with Crippen LogP contribution in [-0.2, 0) is 19.4 Å². The average Bonchev–Trinajstić information content (AvgIpc) is 2.64. The predicted octanol–water partition coefficient (Wildman–Crippen LogP) is 3.48. The predicted molar refractivity (Wildman–Crippen MR) is 111 cm³/mol. The molecule has 0 aromatic heterocycles. The second-order valence-electron chi connectivity index (χ2n) is 6.97. The molecule has 0 radical (unpaired) electrons. The molecule has 2 aromatic rings. The molecule has 29 heavy (non-hydrogen) atoms. The molecule has 2 N–H and O–H groups in total. The maximum absolute atomic E-state index is 13.1. The summed E-state index contributed by atoms with van der Waals surface area (Å²) in [5, 5.41) is 4.91. The van der Waals surface area contributed by atoms with Crippen molar-refractivity contribution < 1.29 is 22.7 Å². The Hall–Kier alpha value is -2.58. The normalized spacial score (nSPS) is 14.4. The fourth-order valence-electron chi connectivity index (χ4n) is 3.05. The van der Waals surface area contributed by atoms with Gasteiger partial charge in [-0.3, -0.25) is 9.59 Å². The summed E-state index contributed by atoms with van der Waals surface area (Å²) >= 11 is 6.05. The number of benzene rings is 2. The Bertz CT molecular complexity index is 1100. The largest absolute Gasteiger partial charge is 0.482 e. The van der Waals surface area contributed by atoms with E-state index in [2.05, 4.69) is 10.6 Å². The second-order valence-corrected chi connectivity index (χ2v) is 9.71. The maximum Gasteiger partial charge on any atom is 0.262 e. The first-order valence-electron chi connectivity index (χ1n) is 8.95. The van der Waals surface area contributed by atoms with Crippen LogP contribution in [0.4, 0.5) is 11.4 Å². The first-order valence-corrected chi connectivity index (χ1v) is 10.9. The Kier molecular flexibility index (Phi) is 5.86. The quantitative estimate of drug-likeness (QED) is 0.747. The third-order valence-corrected chi connectivity index (χ3v) is 7.45. The van der Waals surface area contributed by atoms with Crippen LogP contribution < -0.4 is 15.4 Å². The lowest BCUT2D eigenvalue weighted by Crippen LogP contribution is -2.27. The Morgan fingerprint density at radius 3 is 2.76 bits per heavy atom. The molecule has 2 aromatic carbocycles. The SMILES string of the molecule is Cc1cc2c(cc1S(=O)(=O)[C@@H](C)CC(=O)Nc1cccc(Cl)c1C)OCC(=O)N2. The molecule has 0 saturated heterocycles. The maximum atomic E-state index is 13.1. The lowest BCUT2D eigenvalue weighted by molar-refractivity contribution is -0.118. The highest BCUT2D eigenvalue weighted by atomic mass is 35.5. The van der Waals surface area contributed by atoms with Crippen LogP contribution in [0.25, 0.3) is 0 Å². The number of hydrogen-bond donors (Lipinski definition) is 2. The Morgan fingerprint density at radius 1 is 1.31 bits per heavy atom. The van der Waals surface area contributed by atoms with Gasteiger partial charge in [0.25, 0.3) is 5.91 Å². The minimum atomic E-state index is -3.80. The van der Waals surface area contributed by atoms with Gasteiger partial charge in [-0.05, 0) is 50.1 Å². The van der Waals surface area contributed by atoms with Crippen molar-refractivity contribution in [2.45, 2.75) is 37.3 Å². The first kappa shape index (κ1) is 21.1. The zero-order chi connectivity index (χ0) is 21.3. The highest BCUT2D eigenvalue weighted by molar-refractivity contribution is 7.92. The van der Waals surface area contributed by atoms with Crippen LogP contribution in [0.1, 0.15) is 24.5 Å². The third-order valence-electron chi connectivity index (χ3n) is 4.76. The molecular formula is C20H21ClN2O5S. The van der Waals surface area contributed by atoms with Crippen molar-refractivity contribution in [3.05, 3.63) is 46.5 Å². The summed E-state index contributed by atoms with van der Waals surface area (Å²) in [7, 11) is -3.80. The van der Waals surface area contributed by atoms with Gasteiger partial charge in [0.1, 0.15) is 5.75 Å². The molecule has 0 spiro atoms. The molecule has 154 valence electrons. The van der Waals surface area contributed by atoms with Crippen molar-refractivity contribution >= 4 is 44.6 Å². The van der Waals surface area contributed by atoms with Crippen LogP contribution >= 0.6 is 11.6 Å². The fourth-order valence-corrected chi connectivity index (χ4v) is 4.81. The van der Waals surface area contributed by atoms with Crippen molar-refractivity contribution in [3.8, 4) is 5.75 Å². The van der Waals surface area contributed by atoms with Gasteiger partial charge in [-0.25, -0.2) is 8.42 Å². The Labute approximate surface area is 174 Å². The number of carbonyl (C=O) groups is 2. The zero-order valence-electron chi connectivity index (χ0n) is 16.2. The monoisotopic (exact) mass is 436 g/mol. The first-order chi connectivity index (χ1) is 13.6. The minimum Gasteiger partial charge on any atom is -0.482 e. The van der Waals surface area contributed by atoms with Gasteiger partial charge in [0.2, 0.25) is 5.91 Å². The highest BCUT2D eigenvalue weighted by Crippen LogP contribution is 2.34. The molecule has 9 heteroatoms. The topological polar surface area (TPSA) is 102 Å². The van der Waals surface area contributed by atoms with E-state index in [0.29, 0.717) is 33.3 Å². The molecule has 1 heterocycles. The van der Waals surface area contributed by atoms with E-state index in [4.69, 9.17) is 16.3 Å². The molecule has 1 aliphatic heterocycles. The number of halogens is 1. The number of sulfone groups is 1. The smallest absolute Gasteiger partial charge is 0.262 e. The number of anilines is 2. The van der Waals surface area contributed by atoms with E-state index in [9.17, 15) is 18.0 Å². The van der Waals surface area contributed by atoms with Crippen LogP contribution in [0, 0.1) is 13.8 Å². The molecule has 0 unspecified atom stereocenters. The molecule has 1 atom stereocenters. The number of carbonyl (C=O) groups excluding carboxylic acids is 2.